The molecule has 3 aromatic rings. The molecule has 0 aliphatic heterocycles. The molecule has 0 bridgehead atoms. The lowest BCUT2D eigenvalue weighted by Gasteiger charge is -2.16. The third-order valence-corrected chi connectivity index (χ3v) is 5.10. The van der Waals surface area contributed by atoms with Gasteiger partial charge in [0.25, 0.3) is 5.95 Å². The summed E-state index contributed by atoms with van der Waals surface area (Å²) in [6.07, 6.45) is 0. The topological polar surface area (TPSA) is 146 Å². The van der Waals surface area contributed by atoms with E-state index in [2.05, 4.69) is 26.8 Å². The molecule has 0 aliphatic carbocycles. The molecule has 2 unspecified atom stereocenters. The number of anilines is 1. The summed E-state index contributed by atoms with van der Waals surface area (Å²) in [6.45, 7) is 1.63. The first-order valence-electron chi connectivity index (χ1n) is 9.20. The molecule has 9 nitrogen and oxygen atoms in total. The molecule has 32 heavy (non-hydrogen) atoms. The Morgan fingerprint density at radius 2 is 1.50 bits per heavy atom. The molecule has 0 saturated heterocycles. The van der Waals surface area contributed by atoms with Crippen LogP contribution in [0.15, 0.2) is 53.6 Å². The number of hydrazone groups is 1. The van der Waals surface area contributed by atoms with Crippen LogP contribution in [0.1, 0.15) is 28.8 Å². The van der Waals surface area contributed by atoms with Gasteiger partial charge < -0.3 is 5.84 Å². The summed E-state index contributed by atoms with van der Waals surface area (Å²) >= 11 is 11.9. The number of nitriles is 2. The molecule has 0 fully saturated rings. The molecule has 2 atom stereocenters. The van der Waals surface area contributed by atoms with Crippen LogP contribution in [0.5, 0.6) is 0 Å². The van der Waals surface area contributed by atoms with E-state index in [4.69, 9.17) is 29.0 Å². The van der Waals surface area contributed by atoms with E-state index in [1.807, 2.05) is 6.07 Å². The van der Waals surface area contributed by atoms with Crippen molar-refractivity contribution in [1.29, 1.82) is 10.5 Å². The molecule has 1 heterocycles. The maximum atomic E-state index is 13.4. The normalized spacial score (nSPS) is 13.0. The molecular formula is C21H16Cl2N8O. The minimum Gasteiger partial charge on any atom is -0.335 e. The number of benzene rings is 2. The first kappa shape index (κ1) is 22.8. The van der Waals surface area contributed by atoms with Crippen molar-refractivity contribution in [2.24, 2.45) is 5.10 Å². The number of Topliss-reactive ketones (excluding diaryl/α,β-unsaturated/α-hetero) is 1. The molecule has 0 saturated carbocycles. The number of hydrogen-bond acceptors (Lipinski definition) is 8. The highest BCUT2D eigenvalue weighted by Gasteiger charge is 2.32. The SMILES string of the molecule is Cc1nnc(N/N=C(/C(=O)C(C#N)c2ccc(Cl)cc2)C(C#N)c2ccc(Cl)cc2)n1N. The van der Waals surface area contributed by atoms with E-state index in [1.165, 1.54) is 0 Å². The number of ketones is 1. The average Bonchev–Trinajstić information content (AvgIpc) is 3.11. The zero-order chi connectivity index (χ0) is 23.3. The second-order valence-electron chi connectivity index (χ2n) is 6.64. The van der Waals surface area contributed by atoms with E-state index in [-0.39, 0.29) is 11.7 Å². The zero-order valence-electron chi connectivity index (χ0n) is 16.7. The number of nitrogen functional groups attached to an aromatic ring is 1. The number of halogens is 2. The number of nitrogens with two attached hydrogens (primary N) is 1. The number of carbonyl (C=O) groups excluding carboxylic acids is 1. The molecule has 0 aliphatic rings. The van der Waals surface area contributed by atoms with Crippen LogP contribution in [0.2, 0.25) is 10.0 Å². The van der Waals surface area contributed by atoms with Gasteiger partial charge in [-0.05, 0) is 42.3 Å². The standard InChI is InChI=1S/C21H16Cl2N8O/c1-12-27-29-21(31(12)26)30-28-19(17(10-24)13-2-6-15(22)7-3-13)20(32)18(11-25)14-4-8-16(23)9-5-14/h2-9,17-18H,26H2,1H3,(H,29,30)/b28-19+. The second-order valence-corrected chi connectivity index (χ2v) is 7.51. The largest absolute Gasteiger partial charge is 0.335 e. The quantitative estimate of drug-likeness (QED) is 0.307. The number of hydrogen-bond donors (Lipinski definition) is 2. The number of nitrogens with zero attached hydrogens (tertiary/aromatic N) is 6. The first-order chi connectivity index (χ1) is 15.3. The van der Waals surface area contributed by atoms with Gasteiger partial charge in [-0.25, -0.2) is 10.1 Å². The van der Waals surface area contributed by atoms with E-state index < -0.39 is 17.6 Å². The Bertz CT molecular complexity index is 1240. The van der Waals surface area contributed by atoms with Gasteiger partial charge in [-0.15, -0.1) is 10.2 Å². The summed E-state index contributed by atoms with van der Waals surface area (Å²) in [5.41, 5.74) is 3.27. The number of carbonyl (C=O) groups is 1. The molecule has 1 aromatic heterocycles. The van der Waals surface area contributed by atoms with Crippen LogP contribution in [0.3, 0.4) is 0 Å². The summed E-state index contributed by atoms with van der Waals surface area (Å²) in [7, 11) is 0. The van der Waals surface area contributed by atoms with Crippen LogP contribution in [-0.4, -0.2) is 26.4 Å². The van der Waals surface area contributed by atoms with Crippen LogP contribution in [0.25, 0.3) is 0 Å². The highest BCUT2D eigenvalue weighted by Crippen LogP contribution is 2.26. The van der Waals surface area contributed by atoms with E-state index in [1.54, 1.807) is 55.5 Å². The average molecular weight is 467 g/mol. The van der Waals surface area contributed by atoms with Crippen molar-refractivity contribution in [3.05, 3.63) is 75.5 Å². The monoisotopic (exact) mass is 466 g/mol. The van der Waals surface area contributed by atoms with Gasteiger partial charge in [-0.2, -0.15) is 15.6 Å². The Morgan fingerprint density at radius 3 is 1.94 bits per heavy atom. The van der Waals surface area contributed by atoms with Gasteiger partial charge in [0, 0.05) is 10.0 Å². The van der Waals surface area contributed by atoms with Crippen LogP contribution in [0.4, 0.5) is 5.95 Å². The molecule has 11 heteroatoms. The smallest absolute Gasteiger partial charge is 0.263 e. The number of nitrogens with one attached hydrogen (secondary N) is 1. The van der Waals surface area contributed by atoms with Gasteiger partial charge in [-0.1, -0.05) is 47.5 Å². The number of rotatable bonds is 7. The molecule has 0 amide bonds. The molecule has 2 aromatic carbocycles. The van der Waals surface area contributed by atoms with Crippen molar-refractivity contribution in [3.8, 4) is 12.1 Å². The Kier molecular flexibility index (Phi) is 7.06. The maximum Gasteiger partial charge on any atom is 0.263 e. The molecule has 0 spiro atoms. The third-order valence-electron chi connectivity index (χ3n) is 4.60. The van der Waals surface area contributed by atoms with Gasteiger partial charge in [0.2, 0.25) is 5.78 Å². The van der Waals surface area contributed by atoms with Crippen molar-refractivity contribution in [3.63, 3.8) is 0 Å². The van der Waals surface area contributed by atoms with Crippen molar-refractivity contribution < 1.29 is 4.79 Å². The minimum absolute atomic E-state index is 0.0561. The van der Waals surface area contributed by atoms with E-state index >= 15 is 0 Å². The van der Waals surface area contributed by atoms with E-state index in [0.717, 1.165) is 4.68 Å². The van der Waals surface area contributed by atoms with Crippen LogP contribution in [-0.2, 0) is 4.79 Å². The fraction of sp³-hybridized carbons (Fsp3) is 0.143. The Balaban J connectivity index is 2.06. The molecule has 3 N–H and O–H groups in total. The van der Waals surface area contributed by atoms with Crippen molar-refractivity contribution in [1.82, 2.24) is 14.9 Å². The Hall–Kier alpha value is -3.92. The third kappa shape index (κ3) is 4.86. The summed E-state index contributed by atoms with van der Waals surface area (Å²) in [6, 6.07) is 16.8. The fourth-order valence-corrected chi connectivity index (χ4v) is 3.11. The first-order valence-corrected chi connectivity index (χ1v) is 9.96. The highest BCUT2D eigenvalue weighted by atomic mass is 35.5. The van der Waals surface area contributed by atoms with Gasteiger partial charge in [-0.3, -0.25) is 4.79 Å². The predicted octanol–water partition coefficient (Wildman–Crippen LogP) is 3.56. The van der Waals surface area contributed by atoms with Gasteiger partial charge in [0.15, 0.2) is 5.82 Å². The Labute approximate surface area is 193 Å². The summed E-state index contributed by atoms with van der Waals surface area (Å²) in [5.74, 6) is 3.31. The lowest BCUT2D eigenvalue weighted by Crippen LogP contribution is -2.28. The fourth-order valence-electron chi connectivity index (χ4n) is 2.85. The summed E-state index contributed by atoms with van der Waals surface area (Å²) < 4.78 is 1.14. The molecular weight excluding hydrogens is 451 g/mol. The Morgan fingerprint density at radius 1 is 1.00 bits per heavy atom. The molecule has 0 radical (unpaired) electrons. The van der Waals surface area contributed by atoms with Gasteiger partial charge in [0.1, 0.15) is 17.5 Å². The summed E-state index contributed by atoms with van der Waals surface area (Å²) in [5, 5.41) is 32.3. The van der Waals surface area contributed by atoms with Crippen molar-refractivity contribution in [2.75, 3.05) is 11.3 Å². The highest BCUT2D eigenvalue weighted by molar-refractivity contribution is 6.45. The van der Waals surface area contributed by atoms with Crippen molar-refractivity contribution >= 4 is 40.6 Å². The lowest BCUT2D eigenvalue weighted by atomic mass is 9.86. The van der Waals surface area contributed by atoms with Crippen LogP contribution >= 0.6 is 23.2 Å². The second kappa shape index (κ2) is 9.92. The van der Waals surface area contributed by atoms with E-state index in [0.29, 0.717) is 27.0 Å². The van der Waals surface area contributed by atoms with Gasteiger partial charge in [0.05, 0.1) is 12.1 Å². The minimum atomic E-state index is -1.21. The predicted molar refractivity (Wildman–Crippen MR) is 121 cm³/mol. The van der Waals surface area contributed by atoms with Crippen molar-refractivity contribution in [2.45, 2.75) is 18.8 Å². The number of aromatic nitrogens is 3. The summed E-state index contributed by atoms with van der Waals surface area (Å²) in [4.78, 5) is 13.4. The van der Waals surface area contributed by atoms with Crippen LogP contribution in [0, 0.1) is 29.6 Å². The van der Waals surface area contributed by atoms with E-state index in [9.17, 15) is 15.3 Å². The van der Waals surface area contributed by atoms with Crippen LogP contribution < -0.4 is 11.3 Å². The maximum absolute atomic E-state index is 13.4. The molecule has 160 valence electrons. The van der Waals surface area contributed by atoms with Gasteiger partial charge >= 0.3 is 0 Å². The zero-order valence-corrected chi connectivity index (χ0v) is 18.2. The molecule has 3 rings (SSSR count). The lowest BCUT2D eigenvalue weighted by molar-refractivity contribution is -0.113. The number of aryl methyl sites for hydroxylation is 1.